The van der Waals surface area contributed by atoms with Crippen molar-refractivity contribution >= 4 is 23.3 Å². The van der Waals surface area contributed by atoms with Crippen LogP contribution in [0.2, 0.25) is 0 Å². The van der Waals surface area contributed by atoms with Crippen LogP contribution in [0.5, 0.6) is 0 Å². The summed E-state index contributed by atoms with van der Waals surface area (Å²) in [7, 11) is 1.20. The van der Waals surface area contributed by atoms with Crippen LogP contribution in [0.25, 0.3) is 0 Å². The average molecular weight is 324 g/mol. The lowest BCUT2D eigenvalue weighted by molar-refractivity contribution is -0.161. The molecule has 0 aromatic rings. The van der Waals surface area contributed by atoms with Gasteiger partial charge in [-0.1, -0.05) is 13.8 Å². The molecule has 1 heterocycles. The fourth-order valence-electron chi connectivity index (χ4n) is 3.57. The predicted molar refractivity (Wildman–Crippen MR) is 80.6 cm³/mol. The fraction of sp³-hybridized carbons (Fsp3) is 0.765. The predicted octanol–water partition coefficient (Wildman–Crippen LogP) is 1.49. The molecular formula is C17H24O6. The van der Waals surface area contributed by atoms with Gasteiger partial charge in [-0.3, -0.25) is 19.2 Å². The van der Waals surface area contributed by atoms with Crippen molar-refractivity contribution in [2.24, 2.45) is 17.3 Å². The number of methoxy groups -OCH3 is 1. The summed E-state index contributed by atoms with van der Waals surface area (Å²) in [6.45, 7) is 4.05. The highest BCUT2D eigenvalue weighted by molar-refractivity contribution is 6.25. The van der Waals surface area contributed by atoms with E-state index in [1.54, 1.807) is 13.8 Å². The molecule has 1 aliphatic carbocycles. The molecule has 128 valence electrons. The molecule has 0 spiro atoms. The van der Waals surface area contributed by atoms with Crippen molar-refractivity contribution < 1.29 is 28.7 Å². The van der Waals surface area contributed by atoms with E-state index in [0.29, 0.717) is 13.0 Å². The first-order chi connectivity index (χ1) is 10.8. The lowest BCUT2D eigenvalue weighted by Crippen LogP contribution is -2.52. The zero-order chi connectivity index (χ0) is 17.2. The molecule has 2 aliphatic rings. The number of hydrogen-bond donors (Lipinski definition) is 0. The van der Waals surface area contributed by atoms with Crippen LogP contribution in [0.4, 0.5) is 0 Å². The molecule has 0 N–H and O–H groups in total. The van der Waals surface area contributed by atoms with Crippen LogP contribution in [-0.2, 0) is 28.7 Å². The Morgan fingerprint density at radius 3 is 2.57 bits per heavy atom. The molecule has 6 heteroatoms. The number of ketones is 3. The fourth-order valence-corrected chi connectivity index (χ4v) is 3.57. The Labute approximate surface area is 135 Å². The summed E-state index contributed by atoms with van der Waals surface area (Å²) in [6.07, 6.45) is 2.56. The summed E-state index contributed by atoms with van der Waals surface area (Å²) < 4.78 is 10.2. The van der Waals surface area contributed by atoms with Gasteiger partial charge < -0.3 is 9.47 Å². The number of rotatable bonds is 5. The summed E-state index contributed by atoms with van der Waals surface area (Å²) in [5.74, 6) is -4.48. The Morgan fingerprint density at radius 2 is 2.00 bits per heavy atom. The van der Waals surface area contributed by atoms with Gasteiger partial charge in [-0.05, 0) is 24.7 Å². The highest BCUT2D eigenvalue weighted by Gasteiger charge is 2.53. The third kappa shape index (κ3) is 3.68. The van der Waals surface area contributed by atoms with Crippen LogP contribution in [-0.4, -0.2) is 43.1 Å². The number of Topliss-reactive ketones (excluding diaryl/α,β-unsaturated/α-hetero) is 3. The van der Waals surface area contributed by atoms with Gasteiger partial charge in [-0.15, -0.1) is 0 Å². The topological polar surface area (TPSA) is 86.7 Å². The van der Waals surface area contributed by atoms with Gasteiger partial charge in [0.15, 0.2) is 17.3 Å². The normalized spacial score (nSPS) is 30.3. The van der Waals surface area contributed by atoms with E-state index >= 15 is 0 Å². The van der Waals surface area contributed by atoms with Crippen LogP contribution >= 0.6 is 0 Å². The summed E-state index contributed by atoms with van der Waals surface area (Å²) in [6, 6.07) is 0. The van der Waals surface area contributed by atoms with Crippen LogP contribution < -0.4 is 0 Å². The Kier molecular flexibility index (Phi) is 5.34. The average Bonchev–Trinajstić information content (AvgIpc) is 2.96. The van der Waals surface area contributed by atoms with Crippen molar-refractivity contribution in [2.45, 2.75) is 52.1 Å². The highest BCUT2D eigenvalue weighted by Crippen LogP contribution is 2.40. The maximum absolute atomic E-state index is 12.6. The number of esters is 1. The quantitative estimate of drug-likeness (QED) is 0.562. The summed E-state index contributed by atoms with van der Waals surface area (Å²) in [5.41, 5.74) is -0.827. The molecule has 0 amide bonds. The van der Waals surface area contributed by atoms with E-state index in [4.69, 9.17) is 9.47 Å². The summed E-state index contributed by atoms with van der Waals surface area (Å²) >= 11 is 0. The first-order valence-corrected chi connectivity index (χ1v) is 8.06. The third-order valence-corrected chi connectivity index (χ3v) is 4.80. The molecule has 0 aromatic heterocycles. The maximum Gasteiger partial charge on any atom is 0.316 e. The molecule has 0 bridgehead atoms. The van der Waals surface area contributed by atoms with Gasteiger partial charge in [0.05, 0.1) is 13.2 Å². The third-order valence-electron chi connectivity index (χ3n) is 4.80. The van der Waals surface area contributed by atoms with Gasteiger partial charge in [0.2, 0.25) is 0 Å². The van der Waals surface area contributed by atoms with Gasteiger partial charge in [-0.2, -0.15) is 0 Å². The van der Waals surface area contributed by atoms with Gasteiger partial charge in [-0.25, -0.2) is 0 Å². The van der Waals surface area contributed by atoms with Crippen molar-refractivity contribution in [3.63, 3.8) is 0 Å². The van der Waals surface area contributed by atoms with Crippen molar-refractivity contribution in [2.75, 3.05) is 13.7 Å². The summed E-state index contributed by atoms with van der Waals surface area (Å²) in [4.78, 5) is 49.2. The minimum Gasteiger partial charge on any atom is -0.468 e. The van der Waals surface area contributed by atoms with Crippen molar-refractivity contribution in [3.8, 4) is 0 Å². The highest BCUT2D eigenvalue weighted by atomic mass is 16.5. The second-order valence-corrected chi connectivity index (χ2v) is 7.06. The van der Waals surface area contributed by atoms with Crippen LogP contribution in [0, 0.1) is 17.3 Å². The molecule has 6 nitrogen and oxygen atoms in total. The second-order valence-electron chi connectivity index (χ2n) is 7.06. The van der Waals surface area contributed by atoms with Crippen molar-refractivity contribution in [1.29, 1.82) is 0 Å². The van der Waals surface area contributed by atoms with E-state index in [9.17, 15) is 19.2 Å². The van der Waals surface area contributed by atoms with E-state index < -0.39 is 40.6 Å². The molecule has 0 aromatic carbocycles. The van der Waals surface area contributed by atoms with Crippen molar-refractivity contribution in [1.82, 2.24) is 0 Å². The largest absolute Gasteiger partial charge is 0.468 e. The van der Waals surface area contributed by atoms with Crippen LogP contribution in [0.15, 0.2) is 0 Å². The summed E-state index contributed by atoms with van der Waals surface area (Å²) in [5, 5.41) is 0. The molecule has 0 unspecified atom stereocenters. The van der Waals surface area contributed by atoms with Gasteiger partial charge in [0.1, 0.15) is 11.8 Å². The first kappa shape index (κ1) is 17.8. The minimum atomic E-state index is -1.33. The zero-order valence-corrected chi connectivity index (χ0v) is 13.9. The number of carbonyl (C=O) groups is 4. The second kappa shape index (κ2) is 6.91. The zero-order valence-electron chi connectivity index (χ0n) is 13.9. The van der Waals surface area contributed by atoms with E-state index in [-0.39, 0.29) is 18.9 Å². The SMILES string of the molecule is COC(=O)[C@H]1C(=O)[C@H](C(=O)CC[C@@H]2CCCO2)C(=O)CC1(C)C. The van der Waals surface area contributed by atoms with Crippen LogP contribution in [0.3, 0.4) is 0 Å². The van der Waals surface area contributed by atoms with E-state index in [2.05, 4.69) is 0 Å². The number of carbonyl (C=O) groups excluding carboxylic acids is 4. The lowest BCUT2D eigenvalue weighted by Gasteiger charge is -2.37. The molecule has 2 rings (SSSR count). The molecule has 2 fully saturated rings. The van der Waals surface area contributed by atoms with Crippen LogP contribution in [0.1, 0.15) is 46.0 Å². The minimum absolute atomic E-state index is 0.0227. The van der Waals surface area contributed by atoms with Gasteiger partial charge >= 0.3 is 5.97 Å². The molecule has 1 saturated carbocycles. The Morgan fingerprint density at radius 1 is 1.30 bits per heavy atom. The smallest absolute Gasteiger partial charge is 0.316 e. The monoisotopic (exact) mass is 324 g/mol. The van der Waals surface area contributed by atoms with E-state index in [0.717, 1.165) is 12.8 Å². The van der Waals surface area contributed by atoms with E-state index in [1.807, 2.05) is 0 Å². The lowest BCUT2D eigenvalue weighted by atomic mass is 9.63. The first-order valence-electron chi connectivity index (χ1n) is 8.06. The maximum atomic E-state index is 12.6. The Hall–Kier alpha value is -1.56. The Balaban J connectivity index is 2.10. The number of hydrogen-bond acceptors (Lipinski definition) is 6. The molecule has 3 atom stereocenters. The molecule has 1 aliphatic heterocycles. The molecule has 1 saturated heterocycles. The Bertz CT molecular complexity index is 515. The molecule has 0 radical (unpaired) electrons. The molecule has 23 heavy (non-hydrogen) atoms. The number of ether oxygens (including phenoxy) is 2. The van der Waals surface area contributed by atoms with Crippen molar-refractivity contribution in [3.05, 3.63) is 0 Å². The van der Waals surface area contributed by atoms with Gasteiger partial charge in [0.25, 0.3) is 0 Å². The standard InChI is InChI=1S/C17H24O6/c1-17(2)9-12(19)13(15(20)14(17)16(21)22-3)11(18)7-6-10-5-4-8-23-10/h10,13-14H,4-9H2,1-3H3/t10-,13+,14+/m0/s1. The molecular weight excluding hydrogens is 300 g/mol. The van der Waals surface area contributed by atoms with Gasteiger partial charge in [0, 0.05) is 19.4 Å². The van der Waals surface area contributed by atoms with E-state index in [1.165, 1.54) is 7.11 Å².